The highest BCUT2D eigenvalue weighted by molar-refractivity contribution is 7.90. The van der Waals surface area contributed by atoms with Crippen molar-refractivity contribution in [3.63, 3.8) is 0 Å². The van der Waals surface area contributed by atoms with Crippen molar-refractivity contribution in [2.45, 2.75) is 18.4 Å². The summed E-state index contributed by atoms with van der Waals surface area (Å²) in [6.07, 6.45) is 1.13. The van der Waals surface area contributed by atoms with Crippen molar-refractivity contribution in [1.29, 1.82) is 0 Å². The third-order valence-corrected chi connectivity index (χ3v) is 4.07. The molecule has 112 valence electrons. The maximum absolute atomic E-state index is 11.4. The van der Waals surface area contributed by atoms with Crippen LogP contribution in [0.2, 0.25) is 0 Å². The van der Waals surface area contributed by atoms with Crippen molar-refractivity contribution in [3.05, 3.63) is 24.3 Å². The van der Waals surface area contributed by atoms with Gasteiger partial charge in [-0.15, -0.1) is 5.10 Å². The molecule has 1 heterocycles. The zero-order valence-electron chi connectivity index (χ0n) is 11.5. The molecule has 1 atom stereocenters. The first-order chi connectivity index (χ1) is 9.79. The van der Waals surface area contributed by atoms with Crippen molar-refractivity contribution < 1.29 is 18.3 Å². The lowest BCUT2D eigenvalue weighted by atomic mass is 10.1. The van der Waals surface area contributed by atoms with E-state index >= 15 is 0 Å². The second kappa shape index (κ2) is 5.60. The molecule has 1 N–H and O–H groups in total. The van der Waals surface area contributed by atoms with Crippen LogP contribution in [0.5, 0.6) is 0 Å². The Hall–Kier alpha value is -2.29. The molecule has 0 aliphatic carbocycles. The molecule has 9 heteroatoms. The van der Waals surface area contributed by atoms with E-state index in [1.54, 1.807) is 19.1 Å². The summed E-state index contributed by atoms with van der Waals surface area (Å²) in [6.45, 7) is 1.69. The van der Waals surface area contributed by atoms with Gasteiger partial charge in [-0.1, -0.05) is 6.92 Å². The molecule has 0 amide bonds. The average Bonchev–Trinajstić information content (AvgIpc) is 2.86. The van der Waals surface area contributed by atoms with E-state index in [1.165, 1.54) is 16.8 Å². The Morgan fingerprint density at radius 3 is 2.48 bits per heavy atom. The summed E-state index contributed by atoms with van der Waals surface area (Å²) < 4.78 is 24.2. The van der Waals surface area contributed by atoms with Gasteiger partial charge < -0.3 is 5.11 Å². The van der Waals surface area contributed by atoms with Gasteiger partial charge in [0.1, 0.15) is 0 Å². The smallest absolute Gasteiger partial charge is 0.308 e. The van der Waals surface area contributed by atoms with Crippen molar-refractivity contribution in [1.82, 2.24) is 20.2 Å². The van der Waals surface area contributed by atoms with E-state index in [2.05, 4.69) is 15.5 Å². The van der Waals surface area contributed by atoms with Crippen LogP contribution in [-0.4, -0.2) is 46.0 Å². The minimum Gasteiger partial charge on any atom is -0.481 e. The molecule has 1 aromatic heterocycles. The molecular weight excluding hydrogens is 296 g/mol. The van der Waals surface area contributed by atoms with Gasteiger partial charge in [-0.2, -0.15) is 0 Å². The maximum Gasteiger partial charge on any atom is 0.308 e. The Morgan fingerprint density at radius 1 is 1.33 bits per heavy atom. The monoisotopic (exact) mass is 310 g/mol. The van der Waals surface area contributed by atoms with Gasteiger partial charge in [0, 0.05) is 11.8 Å². The predicted octanol–water partition coefficient (Wildman–Crippen LogP) is 0.464. The van der Waals surface area contributed by atoms with Gasteiger partial charge in [-0.25, -0.2) is 13.1 Å². The summed E-state index contributed by atoms with van der Waals surface area (Å²) in [6, 6.07) is 6.10. The SMILES string of the molecule is CC(Cn1nnnc1-c1ccc(S(C)(=O)=O)cc1)C(=O)O. The Balaban J connectivity index is 2.31. The van der Waals surface area contributed by atoms with Crippen LogP contribution in [0.25, 0.3) is 11.4 Å². The van der Waals surface area contributed by atoms with E-state index < -0.39 is 21.7 Å². The molecule has 2 rings (SSSR count). The molecule has 0 saturated carbocycles. The summed E-state index contributed by atoms with van der Waals surface area (Å²) in [4.78, 5) is 11.1. The van der Waals surface area contributed by atoms with Gasteiger partial charge in [0.15, 0.2) is 15.7 Å². The van der Waals surface area contributed by atoms with Gasteiger partial charge in [0.05, 0.1) is 17.4 Å². The van der Waals surface area contributed by atoms with Crippen molar-refractivity contribution in [3.8, 4) is 11.4 Å². The topological polar surface area (TPSA) is 115 Å². The lowest BCUT2D eigenvalue weighted by Crippen LogP contribution is -2.18. The number of sulfone groups is 1. The van der Waals surface area contributed by atoms with E-state index in [0.717, 1.165) is 6.26 Å². The number of aliphatic carboxylic acids is 1. The van der Waals surface area contributed by atoms with Crippen molar-refractivity contribution in [2.24, 2.45) is 5.92 Å². The van der Waals surface area contributed by atoms with Crippen LogP contribution in [0, 0.1) is 5.92 Å². The zero-order valence-corrected chi connectivity index (χ0v) is 12.3. The highest BCUT2D eigenvalue weighted by Gasteiger charge is 2.17. The molecule has 0 radical (unpaired) electrons. The number of tetrazole rings is 1. The minimum atomic E-state index is -3.26. The Kier molecular flexibility index (Phi) is 4.03. The number of aromatic nitrogens is 4. The van der Waals surface area contributed by atoms with Crippen LogP contribution in [0.15, 0.2) is 29.2 Å². The highest BCUT2D eigenvalue weighted by Crippen LogP contribution is 2.19. The molecule has 1 aromatic carbocycles. The molecule has 2 aromatic rings. The Bertz CT molecular complexity index is 752. The van der Waals surface area contributed by atoms with E-state index in [0.29, 0.717) is 11.4 Å². The van der Waals surface area contributed by atoms with Crippen LogP contribution in [0.3, 0.4) is 0 Å². The van der Waals surface area contributed by atoms with Gasteiger partial charge in [0.2, 0.25) is 0 Å². The third kappa shape index (κ3) is 3.43. The largest absolute Gasteiger partial charge is 0.481 e. The molecule has 0 fully saturated rings. The van der Waals surface area contributed by atoms with Gasteiger partial charge in [-0.3, -0.25) is 4.79 Å². The van der Waals surface area contributed by atoms with Crippen LogP contribution >= 0.6 is 0 Å². The fraction of sp³-hybridized carbons (Fsp3) is 0.333. The van der Waals surface area contributed by atoms with Crippen LogP contribution in [0.1, 0.15) is 6.92 Å². The lowest BCUT2D eigenvalue weighted by molar-refractivity contribution is -0.141. The van der Waals surface area contributed by atoms with E-state index in [4.69, 9.17) is 5.11 Å². The van der Waals surface area contributed by atoms with Gasteiger partial charge >= 0.3 is 5.97 Å². The highest BCUT2D eigenvalue weighted by atomic mass is 32.2. The summed E-state index contributed by atoms with van der Waals surface area (Å²) in [5, 5.41) is 20.1. The molecule has 21 heavy (non-hydrogen) atoms. The lowest BCUT2D eigenvalue weighted by Gasteiger charge is -2.08. The molecule has 8 nitrogen and oxygen atoms in total. The number of carboxylic acids is 1. The minimum absolute atomic E-state index is 0.130. The van der Waals surface area contributed by atoms with Gasteiger partial charge in [0.25, 0.3) is 0 Å². The second-order valence-corrected chi connectivity index (χ2v) is 6.74. The van der Waals surface area contributed by atoms with Crippen LogP contribution in [0.4, 0.5) is 0 Å². The van der Waals surface area contributed by atoms with Crippen LogP contribution < -0.4 is 0 Å². The zero-order chi connectivity index (χ0) is 15.6. The standard InChI is InChI=1S/C12H14N4O4S/c1-8(12(17)18)7-16-11(13-14-15-16)9-3-5-10(6-4-9)21(2,19)20/h3-6,8H,7H2,1-2H3,(H,17,18). The first-order valence-corrected chi connectivity index (χ1v) is 7.97. The number of carboxylic acid groups (broad SMARTS) is 1. The summed E-state index contributed by atoms with van der Waals surface area (Å²) in [5.41, 5.74) is 0.616. The first kappa shape index (κ1) is 15.1. The van der Waals surface area contributed by atoms with Crippen LogP contribution in [-0.2, 0) is 21.2 Å². The van der Waals surface area contributed by atoms with Gasteiger partial charge in [-0.05, 0) is 34.7 Å². The number of rotatable bonds is 5. The predicted molar refractivity (Wildman–Crippen MR) is 73.2 cm³/mol. The molecule has 0 saturated heterocycles. The number of hydrogen-bond donors (Lipinski definition) is 1. The molecule has 0 aliphatic heterocycles. The maximum atomic E-state index is 11.4. The summed E-state index contributed by atoms with van der Waals surface area (Å²) in [5.74, 6) is -1.19. The number of benzene rings is 1. The molecule has 1 unspecified atom stereocenters. The summed E-state index contributed by atoms with van der Waals surface area (Å²) in [7, 11) is -3.26. The Morgan fingerprint density at radius 2 is 1.95 bits per heavy atom. The van der Waals surface area contributed by atoms with E-state index in [1.807, 2.05) is 0 Å². The third-order valence-electron chi connectivity index (χ3n) is 2.94. The quantitative estimate of drug-likeness (QED) is 0.853. The number of hydrogen-bond acceptors (Lipinski definition) is 6. The average molecular weight is 310 g/mol. The van der Waals surface area contributed by atoms with E-state index in [9.17, 15) is 13.2 Å². The second-order valence-electron chi connectivity index (χ2n) is 4.72. The molecular formula is C12H14N4O4S. The molecule has 0 spiro atoms. The van der Waals surface area contributed by atoms with E-state index in [-0.39, 0.29) is 11.4 Å². The Labute approximate surface area is 121 Å². The fourth-order valence-electron chi connectivity index (χ4n) is 1.72. The van der Waals surface area contributed by atoms with Crippen molar-refractivity contribution >= 4 is 15.8 Å². The first-order valence-electron chi connectivity index (χ1n) is 6.08. The molecule has 0 aliphatic rings. The summed E-state index contributed by atoms with van der Waals surface area (Å²) >= 11 is 0. The van der Waals surface area contributed by atoms with Crippen molar-refractivity contribution in [2.75, 3.05) is 6.26 Å². The normalized spacial score (nSPS) is 13.0. The number of carbonyl (C=O) groups is 1. The fourth-order valence-corrected chi connectivity index (χ4v) is 2.35. The number of nitrogens with zero attached hydrogens (tertiary/aromatic N) is 4. The molecule has 0 bridgehead atoms.